The number of benzene rings is 2. The zero-order chi connectivity index (χ0) is 16.4. The van der Waals surface area contributed by atoms with Crippen LogP contribution in [0.4, 0.5) is 0 Å². The van der Waals surface area contributed by atoms with Crippen LogP contribution in [0, 0.1) is 5.92 Å². The predicted octanol–water partition coefficient (Wildman–Crippen LogP) is 3.30. The van der Waals surface area contributed by atoms with Crippen molar-refractivity contribution in [3.63, 3.8) is 0 Å². The average Bonchev–Trinajstić information content (AvgIpc) is 2.94. The van der Waals surface area contributed by atoms with Gasteiger partial charge in [0.05, 0.1) is 0 Å². The fraction of sp³-hybridized carbons (Fsp3) is 0.350. The van der Waals surface area contributed by atoms with Crippen LogP contribution in [-0.2, 0) is 0 Å². The molecule has 2 heterocycles. The van der Waals surface area contributed by atoms with Crippen molar-refractivity contribution in [3.8, 4) is 11.5 Å². The van der Waals surface area contributed by atoms with E-state index in [1.165, 1.54) is 19.5 Å². The lowest BCUT2D eigenvalue weighted by Crippen LogP contribution is -2.47. The number of carbonyl (C=O) groups excluding carboxylic acids is 1. The highest BCUT2D eigenvalue weighted by molar-refractivity contribution is 5.94. The first-order valence-electron chi connectivity index (χ1n) is 8.62. The first-order valence-corrected chi connectivity index (χ1v) is 8.62. The highest BCUT2D eigenvalue weighted by Gasteiger charge is 2.32. The molecule has 0 saturated carbocycles. The Labute approximate surface area is 142 Å². The van der Waals surface area contributed by atoms with Crippen LogP contribution < -0.4 is 10.1 Å². The molecule has 4 nitrogen and oxygen atoms in total. The third-order valence-electron chi connectivity index (χ3n) is 4.88. The highest BCUT2D eigenvalue weighted by Crippen LogP contribution is 2.27. The first kappa shape index (κ1) is 15.2. The summed E-state index contributed by atoms with van der Waals surface area (Å²) in [5.41, 5.74) is 0.649. The Morgan fingerprint density at radius 1 is 1.04 bits per heavy atom. The highest BCUT2D eigenvalue weighted by atomic mass is 16.5. The lowest BCUT2D eigenvalue weighted by molar-refractivity contribution is 0.0909. The molecule has 2 saturated heterocycles. The summed E-state index contributed by atoms with van der Waals surface area (Å²) >= 11 is 0. The van der Waals surface area contributed by atoms with Gasteiger partial charge >= 0.3 is 0 Å². The molecule has 0 aromatic heterocycles. The van der Waals surface area contributed by atoms with Crippen molar-refractivity contribution < 1.29 is 9.53 Å². The molecule has 2 aliphatic heterocycles. The summed E-state index contributed by atoms with van der Waals surface area (Å²) in [6.07, 6.45) is 2.37. The molecule has 2 fully saturated rings. The van der Waals surface area contributed by atoms with E-state index in [1.54, 1.807) is 6.07 Å². The fourth-order valence-corrected chi connectivity index (χ4v) is 3.76. The van der Waals surface area contributed by atoms with Gasteiger partial charge in [-0.25, -0.2) is 0 Å². The van der Waals surface area contributed by atoms with E-state index >= 15 is 0 Å². The van der Waals surface area contributed by atoms with Crippen LogP contribution in [-0.4, -0.2) is 36.5 Å². The number of hydrogen-bond acceptors (Lipinski definition) is 3. The van der Waals surface area contributed by atoms with Gasteiger partial charge in [-0.2, -0.15) is 0 Å². The van der Waals surface area contributed by atoms with Gasteiger partial charge in [0.25, 0.3) is 5.91 Å². The predicted molar refractivity (Wildman–Crippen MR) is 93.4 cm³/mol. The molecule has 1 N–H and O–H groups in total. The smallest absolute Gasteiger partial charge is 0.251 e. The normalized spacial score (nSPS) is 25.2. The van der Waals surface area contributed by atoms with Crippen molar-refractivity contribution in [1.29, 1.82) is 0 Å². The molecule has 3 atom stereocenters. The molecule has 24 heavy (non-hydrogen) atoms. The largest absolute Gasteiger partial charge is 0.457 e. The number of para-hydroxylation sites is 1. The third kappa shape index (κ3) is 3.44. The van der Waals surface area contributed by atoms with Gasteiger partial charge in [-0.1, -0.05) is 24.3 Å². The van der Waals surface area contributed by atoms with Gasteiger partial charge in [-0.05, 0) is 55.6 Å². The van der Waals surface area contributed by atoms with Crippen LogP contribution in [0.3, 0.4) is 0 Å². The monoisotopic (exact) mass is 322 g/mol. The van der Waals surface area contributed by atoms with E-state index in [-0.39, 0.29) is 11.9 Å². The molecule has 3 unspecified atom stereocenters. The first-order chi connectivity index (χ1) is 11.8. The second kappa shape index (κ2) is 6.65. The molecule has 4 rings (SSSR count). The molecule has 2 aromatic carbocycles. The molecular weight excluding hydrogens is 300 g/mol. The quantitative estimate of drug-likeness (QED) is 0.939. The Morgan fingerprint density at radius 3 is 2.71 bits per heavy atom. The van der Waals surface area contributed by atoms with Crippen molar-refractivity contribution in [2.24, 2.45) is 5.92 Å². The van der Waals surface area contributed by atoms with Crippen LogP contribution in [0.25, 0.3) is 0 Å². The lowest BCUT2D eigenvalue weighted by Gasteiger charge is -2.30. The van der Waals surface area contributed by atoms with Gasteiger partial charge in [-0.3, -0.25) is 4.79 Å². The van der Waals surface area contributed by atoms with E-state index in [0.29, 0.717) is 11.3 Å². The van der Waals surface area contributed by atoms with Crippen molar-refractivity contribution in [2.45, 2.75) is 18.9 Å². The van der Waals surface area contributed by atoms with Gasteiger partial charge in [0, 0.05) is 24.7 Å². The summed E-state index contributed by atoms with van der Waals surface area (Å²) < 4.78 is 5.82. The maximum Gasteiger partial charge on any atom is 0.251 e. The summed E-state index contributed by atoms with van der Waals surface area (Å²) in [4.78, 5) is 15.0. The van der Waals surface area contributed by atoms with Gasteiger partial charge in [0.15, 0.2) is 0 Å². The summed E-state index contributed by atoms with van der Waals surface area (Å²) in [5.74, 6) is 2.19. The zero-order valence-corrected chi connectivity index (χ0v) is 13.7. The second-order valence-corrected chi connectivity index (χ2v) is 6.76. The Bertz CT molecular complexity index is 705. The molecule has 4 heteroatoms. The molecular formula is C20H22N2O2. The standard InChI is InChI=1S/C20H22N2O2/c23-20(21-17-11-15-9-10-22(13-15)14-17)16-5-4-8-19(12-16)24-18-6-2-1-3-7-18/h1-8,12,15,17H,9-11,13-14H2,(H,21,23). The van der Waals surface area contributed by atoms with Crippen LogP contribution in [0.2, 0.25) is 0 Å². The van der Waals surface area contributed by atoms with Crippen molar-refractivity contribution in [3.05, 3.63) is 60.2 Å². The van der Waals surface area contributed by atoms with Crippen LogP contribution in [0.5, 0.6) is 11.5 Å². The van der Waals surface area contributed by atoms with Crippen molar-refractivity contribution >= 4 is 5.91 Å². The molecule has 2 aliphatic rings. The number of carbonyl (C=O) groups is 1. The van der Waals surface area contributed by atoms with E-state index in [1.807, 2.05) is 48.5 Å². The van der Waals surface area contributed by atoms with Gasteiger partial charge in [0.1, 0.15) is 11.5 Å². The number of nitrogens with one attached hydrogen (secondary N) is 1. The fourth-order valence-electron chi connectivity index (χ4n) is 3.76. The molecule has 1 amide bonds. The Hall–Kier alpha value is -2.33. The Morgan fingerprint density at radius 2 is 1.88 bits per heavy atom. The van der Waals surface area contributed by atoms with E-state index in [9.17, 15) is 4.79 Å². The minimum atomic E-state index is -0.0130. The Balaban J connectivity index is 1.42. The van der Waals surface area contributed by atoms with Gasteiger partial charge in [0.2, 0.25) is 0 Å². The molecule has 124 valence electrons. The maximum absolute atomic E-state index is 12.6. The van der Waals surface area contributed by atoms with Crippen molar-refractivity contribution in [1.82, 2.24) is 10.2 Å². The van der Waals surface area contributed by atoms with Crippen molar-refractivity contribution in [2.75, 3.05) is 19.6 Å². The van der Waals surface area contributed by atoms with E-state index < -0.39 is 0 Å². The lowest BCUT2D eigenvalue weighted by atomic mass is 9.96. The van der Waals surface area contributed by atoms with E-state index in [4.69, 9.17) is 4.74 Å². The van der Waals surface area contributed by atoms with Crippen LogP contribution in [0.15, 0.2) is 54.6 Å². The van der Waals surface area contributed by atoms with E-state index in [2.05, 4.69) is 10.2 Å². The second-order valence-electron chi connectivity index (χ2n) is 6.76. The summed E-state index contributed by atoms with van der Waals surface area (Å²) in [7, 11) is 0. The molecule has 0 spiro atoms. The minimum Gasteiger partial charge on any atom is -0.457 e. The zero-order valence-electron chi connectivity index (χ0n) is 13.7. The minimum absolute atomic E-state index is 0.0130. The van der Waals surface area contributed by atoms with Gasteiger partial charge in [-0.15, -0.1) is 0 Å². The molecule has 2 bridgehead atoms. The molecule has 0 radical (unpaired) electrons. The molecule has 0 aliphatic carbocycles. The summed E-state index contributed by atoms with van der Waals surface area (Å²) in [5, 5.41) is 3.19. The molecule has 2 aromatic rings. The topological polar surface area (TPSA) is 41.6 Å². The van der Waals surface area contributed by atoms with Crippen LogP contribution >= 0.6 is 0 Å². The average molecular weight is 322 g/mol. The SMILES string of the molecule is O=C(NC1CC2CCN(C2)C1)c1cccc(Oc2ccccc2)c1. The maximum atomic E-state index is 12.6. The number of fused-ring (bicyclic) bond motifs is 2. The number of piperidine rings is 1. The Kier molecular flexibility index (Phi) is 4.22. The number of amides is 1. The van der Waals surface area contributed by atoms with E-state index in [0.717, 1.165) is 24.6 Å². The van der Waals surface area contributed by atoms with Crippen LogP contribution in [0.1, 0.15) is 23.2 Å². The summed E-state index contributed by atoms with van der Waals surface area (Å²) in [6.45, 7) is 3.35. The third-order valence-corrected chi connectivity index (χ3v) is 4.88. The number of nitrogens with zero attached hydrogens (tertiary/aromatic N) is 1. The number of hydrogen-bond donors (Lipinski definition) is 1. The van der Waals surface area contributed by atoms with Gasteiger partial charge < -0.3 is 15.0 Å². The number of ether oxygens (including phenoxy) is 1. The summed E-state index contributed by atoms with van der Waals surface area (Å²) in [6, 6.07) is 17.2. The number of rotatable bonds is 4.